The van der Waals surface area contributed by atoms with Crippen LogP contribution in [0.3, 0.4) is 0 Å². The van der Waals surface area contributed by atoms with Gasteiger partial charge in [0.15, 0.2) is 11.6 Å². The van der Waals surface area contributed by atoms with Crippen LogP contribution in [-0.2, 0) is 19.3 Å². The first kappa shape index (κ1) is 30.6. The molecule has 10 nitrogen and oxygen atoms in total. The molecule has 2 aromatic carbocycles. The first-order valence-electron chi connectivity index (χ1n) is 16.6. The van der Waals surface area contributed by atoms with E-state index in [4.69, 9.17) is 19.1 Å². The molecule has 1 saturated heterocycles. The maximum Gasteiger partial charge on any atom is 0.434 e. The zero-order valence-electron chi connectivity index (χ0n) is 26.9. The van der Waals surface area contributed by atoms with Gasteiger partial charge in [-0.05, 0) is 97.0 Å². The number of amides is 1. The van der Waals surface area contributed by atoms with Gasteiger partial charge in [0.2, 0.25) is 0 Å². The van der Waals surface area contributed by atoms with Gasteiger partial charge in [0.05, 0.1) is 46.4 Å². The lowest BCUT2D eigenvalue weighted by Crippen LogP contribution is -2.22. The summed E-state index contributed by atoms with van der Waals surface area (Å²) in [5.74, 6) is -0.632. The Bertz CT molecular complexity index is 2390. The predicted molar refractivity (Wildman–Crippen MR) is 183 cm³/mol. The molecule has 50 heavy (non-hydrogen) atoms. The molecule has 0 spiro atoms. The Balaban J connectivity index is 1.19. The van der Waals surface area contributed by atoms with Crippen molar-refractivity contribution < 1.29 is 22.7 Å². The van der Waals surface area contributed by atoms with E-state index >= 15 is 0 Å². The van der Waals surface area contributed by atoms with E-state index < -0.39 is 11.6 Å². The van der Waals surface area contributed by atoms with Crippen LogP contribution in [-0.4, -0.2) is 44.6 Å². The van der Waals surface area contributed by atoms with Gasteiger partial charge in [-0.3, -0.25) is 9.78 Å². The van der Waals surface area contributed by atoms with Crippen molar-refractivity contribution in [3.63, 3.8) is 0 Å². The van der Waals surface area contributed by atoms with E-state index in [-0.39, 0.29) is 35.4 Å². The van der Waals surface area contributed by atoms with E-state index in [9.17, 15) is 18.4 Å². The third-order valence-electron chi connectivity index (χ3n) is 10.0. The largest absolute Gasteiger partial charge is 0.494 e. The first-order chi connectivity index (χ1) is 24.4. The van der Waals surface area contributed by atoms with Crippen molar-refractivity contribution in [3.8, 4) is 27.6 Å². The minimum atomic E-state index is -0.721. The molecule has 0 unspecified atom stereocenters. The average molecular weight is 693 g/mol. The Hall–Kier alpha value is -5.43. The molecule has 13 heteroatoms. The number of halogens is 2. The van der Waals surface area contributed by atoms with Crippen molar-refractivity contribution in [1.82, 2.24) is 25.1 Å². The number of hydrogen-bond donors (Lipinski definition) is 2. The van der Waals surface area contributed by atoms with Gasteiger partial charge in [0, 0.05) is 23.2 Å². The number of fused-ring (bicyclic) bond motifs is 5. The van der Waals surface area contributed by atoms with E-state index in [1.165, 1.54) is 36.6 Å². The van der Waals surface area contributed by atoms with E-state index in [1.807, 2.05) is 17.0 Å². The minimum Gasteiger partial charge on any atom is -0.494 e. The number of H-pyrrole nitrogens is 1. The van der Waals surface area contributed by atoms with Crippen molar-refractivity contribution in [2.24, 2.45) is 0 Å². The number of pyridine rings is 2. The molecular formula is C37H30F2N6O4S. The fourth-order valence-corrected chi connectivity index (χ4v) is 8.89. The van der Waals surface area contributed by atoms with E-state index in [1.54, 1.807) is 24.4 Å². The van der Waals surface area contributed by atoms with E-state index in [0.717, 1.165) is 57.3 Å². The molecule has 0 saturated carbocycles. The van der Waals surface area contributed by atoms with Crippen LogP contribution in [0.25, 0.3) is 32.0 Å². The lowest BCUT2D eigenvalue weighted by molar-refractivity contribution is 0.0776. The van der Waals surface area contributed by atoms with Crippen LogP contribution in [0.5, 0.6) is 5.75 Å². The number of anilines is 1. The Kier molecular flexibility index (Phi) is 7.27. The fourth-order valence-electron chi connectivity index (χ4n) is 7.73. The molecule has 1 fully saturated rings. The van der Waals surface area contributed by atoms with E-state index in [2.05, 4.69) is 15.5 Å². The van der Waals surface area contributed by atoms with Gasteiger partial charge in [-0.15, -0.1) is 16.4 Å². The number of aryl methyl sites for hydroxylation is 3. The van der Waals surface area contributed by atoms with Crippen LogP contribution in [0.2, 0.25) is 0 Å². The summed E-state index contributed by atoms with van der Waals surface area (Å²) in [6.45, 7) is 0.636. The second-order valence-electron chi connectivity index (χ2n) is 12.9. The summed E-state index contributed by atoms with van der Waals surface area (Å²) in [6, 6.07) is 13.3. The second-order valence-corrected chi connectivity index (χ2v) is 13.9. The number of carbonyl (C=O) groups excluding carboxylic acids is 1. The number of hydrogen-bond acceptors (Lipinski definition) is 9. The molecule has 6 aromatic rings. The topological polar surface area (TPSA) is 126 Å². The summed E-state index contributed by atoms with van der Waals surface area (Å²) in [6.07, 6.45) is 5.93. The van der Waals surface area contributed by atoms with Crippen molar-refractivity contribution in [2.75, 3.05) is 19.0 Å². The smallest absolute Gasteiger partial charge is 0.434 e. The summed E-state index contributed by atoms with van der Waals surface area (Å²) >= 11 is 1.47. The highest BCUT2D eigenvalue weighted by atomic mass is 32.1. The lowest BCUT2D eigenvalue weighted by Gasteiger charge is -2.16. The van der Waals surface area contributed by atoms with Gasteiger partial charge >= 0.3 is 5.76 Å². The fraction of sp³-hybridized carbons (Fsp3) is 0.270. The highest BCUT2D eigenvalue weighted by Gasteiger charge is 2.45. The molecule has 9 rings (SSSR count). The summed E-state index contributed by atoms with van der Waals surface area (Å²) in [7, 11) is 1.46. The Morgan fingerprint density at radius 1 is 1.06 bits per heavy atom. The minimum absolute atomic E-state index is 0.0446. The van der Waals surface area contributed by atoms with Gasteiger partial charge < -0.3 is 19.4 Å². The number of ether oxygens (including phenoxy) is 1. The first-order valence-corrected chi connectivity index (χ1v) is 17.4. The number of benzene rings is 2. The average Bonchev–Trinajstić information content (AvgIpc) is 3.96. The van der Waals surface area contributed by atoms with Gasteiger partial charge in [0.25, 0.3) is 11.8 Å². The molecule has 0 bridgehead atoms. The standard InChI is InChI=1S/C37H30F2N6O4S/c1-48-27-15-19-7-11-24(22(19)17-23(27)39)42-34-33-20(12-13-40-34)16-28(50-33)30-29(35-43-44-37(47)49-35)25(10-6-18-4-8-21(38)9-5-18)41-32-26-3-2-14-45(26)36(46)31(30)32/h4-5,8-9,12-13,15-17,24,26H,2-3,6-7,10-11,14H2,1H3,(H,40,42)(H,44,47)/t24-,26+/m1/s1. The maximum atomic E-state index is 14.8. The number of rotatable bonds is 8. The lowest BCUT2D eigenvalue weighted by atomic mass is 9.93. The van der Waals surface area contributed by atoms with Crippen molar-refractivity contribution >= 4 is 33.1 Å². The molecule has 1 amide bonds. The van der Waals surface area contributed by atoms with Gasteiger partial charge in [0.1, 0.15) is 11.6 Å². The maximum absolute atomic E-state index is 14.8. The Morgan fingerprint density at radius 2 is 1.92 bits per heavy atom. The third kappa shape index (κ3) is 4.98. The number of aromatic amines is 1. The number of aromatic nitrogens is 4. The molecule has 2 aliphatic heterocycles. The van der Waals surface area contributed by atoms with Crippen molar-refractivity contribution in [3.05, 3.63) is 111 Å². The predicted octanol–water partition coefficient (Wildman–Crippen LogP) is 7.16. The molecule has 4 aromatic heterocycles. The number of nitrogens with one attached hydrogen (secondary N) is 2. The third-order valence-corrected chi connectivity index (χ3v) is 11.2. The number of carbonyl (C=O) groups is 1. The Labute approximate surface area is 288 Å². The summed E-state index contributed by atoms with van der Waals surface area (Å²) in [5.41, 5.74) is 5.75. The summed E-state index contributed by atoms with van der Waals surface area (Å²) in [5, 5.41) is 11.1. The van der Waals surface area contributed by atoms with Crippen LogP contribution in [0.1, 0.15) is 69.8 Å². The summed E-state index contributed by atoms with van der Waals surface area (Å²) in [4.78, 5) is 39.0. The van der Waals surface area contributed by atoms with Crippen LogP contribution in [0, 0.1) is 11.6 Å². The molecule has 3 aliphatic rings. The second kappa shape index (κ2) is 11.9. The SMILES string of the molecule is COc1cc2c(cc1F)[C@H](Nc1nccc3cc(-c4c5c(nc(CCc6ccc(F)cc6)c4-c4n[nH]c(=O)o4)[C@@H]4CCCN4C5=O)sc13)CC2. The number of nitrogens with zero attached hydrogens (tertiary/aromatic N) is 4. The zero-order valence-corrected chi connectivity index (χ0v) is 27.7. The van der Waals surface area contributed by atoms with Gasteiger partial charge in [-0.2, -0.15) is 0 Å². The molecule has 2 atom stereocenters. The quantitative estimate of drug-likeness (QED) is 0.172. The molecule has 0 radical (unpaired) electrons. The van der Waals surface area contributed by atoms with Crippen molar-refractivity contribution in [1.29, 1.82) is 0 Å². The highest BCUT2D eigenvalue weighted by molar-refractivity contribution is 7.23. The van der Waals surface area contributed by atoms with Gasteiger partial charge in [-0.1, -0.05) is 12.1 Å². The Morgan fingerprint density at radius 3 is 2.72 bits per heavy atom. The molecule has 252 valence electrons. The molecular weight excluding hydrogens is 663 g/mol. The van der Waals surface area contributed by atoms with Gasteiger partial charge in [-0.25, -0.2) is 23.7 Å². The molecule has 6 heterocycles. The molecule has 2 N–H and O–H groups in total. The molecule has 1 aliphatic carbocycles. The highest BCUT2D eigenvalue weighted by Crippen LogP contribution is 2.50. The summed E-state index contributed by atoms with van der Waals surface area (Å²) < 4.78 is 40.1. The van der Waals surface area contributed by atoms with Crippen LogP contribution < -0.4 is 15.8 Å². The normalized spacial score (nSPS) is 17.7. The van der Waals surface area contributed by atoms with Crippen molar-refractivity contribution in [2.45, 2.75) is 50.6 Å². The monoisotopic (exact) mass is 692 g/mol. The van der Waals surface area contributed by atoms with Crippen LogP contribution in [0.4, 0.5) is 14.6 Å². The van der Waals surface area contributed by atoms with E-state index in [0.29, 0.717) is 53.3 Å². The number of thiophene rings is 1. The number of methoxy groups -OCH3 is 1. The zero-order chi connectivity index (χ0) is 34.1. The van der Waals surface area contributed by atoms with Crippen LogP contribution in [0.15, 0.2) is 63.9 Å². The van der Waals surface area contributed by atoms with Crippen LogP contribution >= 0.6 is 11.3 Å².